The lowest BCUT2D eigenvalue weighted by atomic mass is 10.0. The average molecular weight is 354 g/mol. The molecule has 23 heavy (non-hydrogen) atoms. The van der Waals surface area contributed by atoms with Gasteiger partial charge in [-0.05, 0) is 25.5 Å². The van der Waals surface area contributed by atoms with Crippen LogP contribution >= 0.6 is 11.3 Å². The van der Waals surface area contributed by atoms with Crippen molar-refractivity contribution in [3.63, 3.8) is 0 Å². The van der Waals surface area contributed by atoms with E-state index in [4.69, 9.17) is 0 Å². The third-order valence-electron chi connectivity index (χ3n) is 3.75. The Kier molecular flexibility index (Phi) is 3.97. The molecule has 8 heteroatoms. The number of rotatable bonds is 3. The third-order valence-corrected chi connectivity index (χ3v) is 6.68. The molecule has 0 radical (unpaired) electrons. The molecule has 1 atom stereocenters. The molecular weight excluding hydrogens is 339 g/mol. The van der Waals surface area contributed by atoms with Crippen molar-refractivity contribution in [1.29, 1.82) is 0 Å². The summed E-state index contributed by atoms with van der Waals surface area (Å²) in [7, 11) is -3.10. The van der Waals surface area contributed by atoms with Gasteiger partial charge in [0.25, 0.3) is 5.91 Å². The monoisotopic (exact) mass is 354 g/mol. The van der Waals surface area contributed by atoms with E-state index in [0.717, 1.165) is 11.3 Å². The summed E-state index contributed by atoms with van der Waals surface area (Å²) in [5, 5.41) is 3.18. The van der Waals surface area contributed by atoms with Crippen LogP contribution in [0.1, 0.15) is 23.0 Å². The van der Waals surface area contributed by atoms with Crippen LogP contribution in [0.4, 0.5) is 4.39 Å². The summed E-state index contributed by atoms with van der Waals surface area (Å²) >= 11 is 1.08. The maximum Gasteiger partial charge on any atom is 0.263 e. The molecule has 2 heterocycles. The second kappa shape index (κ2) is 5.68. The number of nitrogens with zero attached hydrogens (tertiary/aromatic N) is 1. The summed E-state index contributed by atoms with van der Waals surface area (Å²) in [6, 6.07) is 6.22. The minimum atomic E-state index is -3.10. The fourth-order valence-corrected chi connectivity index (χ4v) is 5.51. The van der Waals surface area contributed by atoms with E-state index in [9.17, 15) is 17.6 Å². The van der Waals surface area contributed by atoms with Crippen molar-refractivity contribution >= 4 is 27.1 Å². The molecule has 1 amide bonds. The van der Waals surface area contributed by atoms with Crippen LogP contribution in [0.2, 0.25) is 0 Å². The highest BCUT2D eigenvalue weighted by molar-refractivity contribution is 7.91. The van der Waals surface area contributed by atoms with E-state index in [0.29, 0.717) is 21.9 Å². The highest BCUT2D eigenvalue weighted by Gasteiger charge is 2.39. The number of halogens is 1. The summed E-state index contributed by atoms with van der Waals surface area (Å²) in [4.78, 5) is 16.7. The molecule has 2 aromatic rings. The molecule has 1 aromatic carbocycles. The SMILES string of the molecule is CC1(NC(=O)c2cnc(-c3ccccc3F)s2)CCS(=O)(=O)C1. The predicted octanol–water partition coefficient (Wildman–Crippen LogP) is 2.26. The van der Waals surface area contributed by atoms with E-state index in [2.05, 4.69) is 10.3 Å². The van der Waals surface area contributed by atoms with Crippen LogP contribution in [0.25, 0.3) is 10.6 Å². The van der Waals surface area contributed by atoms with E-state index >= 15 is 0 Å². The second-order valence-corrected chi connectivity index (χ2v) is 9.08. The first-order valence-corrected chi connectivity index (χ1v) is 9.65. The van der Waals surface area contributed by atoms with Gasteiger partial charge in [0.2, 0.25) is 0 Å². The number of nitrogens with one attached hydrogen (secondary N) is 1. The van der Waals surface area contributed by atoms with Crippen LogP contribution in [-0.4, -0.2) is 36.4 Å². The summed E-state index contributed by atoms with van der Waals surface area (Å²) in [6.45, 7) is 1.72. The van der Waals surface area contributed by atoms with E-state index in [-0.39, 0.29) is 17.4 Å². The molecule has 1 saturated heterocycles. The Labute approximate surface area is 137 Å². The fourth-order valence-electron chi connectivity index (χ4n) is 2.58. The maximum absolute atomic E-state index is 13.8. The number of hydrogen-bond acceptors (Lipinski definition) is 5. The maximum atomic E-state index is 13.8. The molecule has 0 bridgehead atoms. The van der Waals surface area contributed by atoms with Crippen molar-refractivity contribution in [1.82, 2.24) is 10.3 Å². The number of carbonyl (C=O) groups is 1. The minimum Gasteiger partial charge on any atom is -0.345 e. The van der Waals surface area contributed by atoms with E-state index in [1.54, 1.807) is 25.1 Å². The molecule has 1 unspecified atom stereocenters. The van der Waals surface area contributed by atoms with Crippen LogP contribution in [0.15, 0.2) is 30.5 Å². The number of sulfone groups is 1. The molecule has 3 rings (SSSR count). The van der Waals surface area contributed by atoms with Crippen molar-refractivity contribution < 1.29 is 17.6 Å². The van der Waals surface area contributed by atoms with Gasteiger partial charge in [0, 0.05) is 5.56 Å². The summed E-state index contributed by atoms with van der Waals surface area (Å²) < 4.78 is 36.9. The van der Waals surface area contributed by atoms with E-state index in [1.807, 2.05) is 0 Å². The van der Waals surface area contributed by atoms with Gasteiger partial charge >= 0.3 is 0 Å². The van der Waals surface area contributed by atoms with Gasteiger partial charge in [-0.25, -0.2) is 17.8 Å². The zero-order chi connectivity index (χ0) is 16.7. The highest BCUT2D eigenvalue weighted by Crippen LogP contribution is 2.28. The minimum absolute atomic E-state index is 0.0648. The van der Waals surface area contributed by atoms with Crippen LogP contribution in [0.5, 0.6) is 0 Å². The van der Waals surface area contributed by atoms with Crippen molar-refractivity contribution in [3.8, 4) is 10.6 Å². The number of benzene rings is 1. The van der Waals surface area contributed by atoms with Gasteiger partial charge in [-0.1, -0.05) is 12.1 Å². The van der Waals surface area contributed by atoms with Gasteiger partial charge in [0.1, 0.15) is 15.7 Å². The Hall–Kier alpha value is -1.80. The van der Waals surface area contributed by atoms with Gasteiger partial charge in [0.15, 0.2) is 9.84 Å². The Morgan fingerprint density at radius 2 is 2.13 bits per heavy atom. The number of carbonyl (C=O) groups excluding carboxylic acids is 1. The van der Waals surface area contributed by atoms with Crippen molar-refractivity contribution in [3.05, 3.63) is 41.2 Å². The zero-order valence-electron chi connectivity index (χ0n) is 12.4. The molecule has 0 spiro atoms. The molecule has 0 aliphatic carbocycles. The van der Waals surface area contributed by atoms with E-state index in [1.165, 1.54) is 12.3 Å². The Balaban J connectivity index is 1.79. The Bertz CT molecular complexity index is 863. The fraction of sp³-hybridized carbons (Fsp3) is 0.333. The summed E-state index contributed by atoms with van der Waals surface area (Å²) in [5.74, 6) is -0.773. The van der Waals surface area contributed by atoms with Gasteiger partial charge in [0.05, 0.1) is 23.2 Å². The Morgan fingerprint density at radius 1 is 1.39 bits per heavy atom. The second-order valence-electron chi connectivity index (χ2n) is 5.87. The lowest BCUT2D eigenvalue weighted by molar-refractivity contribution is 0.0919. The molecule has 1 aromatic heterocycles. The van der Waals surface area contributed by atoms with Crippen LogP contribution in [0, 0.1) is 5.82 Å². The third kappa shape index (κ3) is 3.42. The summed E-state index contributed by atoms with van der Waals surface area (Å²) in [6.07, 6.45) is 1.77. The molecule has 1 aliphatic rings. The number of thiazole rings is 1. The number of amides is 1. The van der Waals surface area contributed by atoms with Crippen LogP contribution < -0.4 is 5.32 Å². The van der Waals surface area contributed by atoms with Gasteiger partial charge in [-0.2, -0.15) is 0 Å². The standard InChI is InChI=1S/C15H15FN2O3S2/c1-15(6-7-23(20,21)9-15)18-13(19)12-8-17-14(22-12)10-4-2-3-5-11(10)16/h2-5,8H,6-7,9H2,1H3,(H,18,19). The molecule has 1 N–H and O–H groups in total. The largest absolute Gasteiger partial charge is 0.345 e. The van der Waals surface area contributed by atoms with Crippen molar-refractivity contribution in [2.45, 2.75) is 18.9 Å². The predicted molar refractivity (Wildman–Crippen MR) is 86.7 cm³/mol. The molecule has 0 saturated carbocycles. The lowest BCUT2D eigenvalue weighted by Gasteiger charge is -2.23. The van der Waals surface area contributed by atoms with E-state index < -0.39 is 21.2 Å². The van der Waals surface area contributed by atoms with Crippen molar-refractivity contribution in [2.24, 2.45) is 0 Å². The highest BCUT2D eigenvalue weighted by atomic mass is 32.2. The Morgan fingerprint density at radius 3 is 2.78 bits per heavy atom. The van der Waals surface area contributed by atoms with Gasteiger partial charge in [-0.3, -0.25) is 4.79 Å². The molecule has 5 nitrogen and oxygen atoms in total. The topological polar surface area (TPSA) is 76.1 Å². The molecule has 1 aliphatic heterocycles. The molecule has 122 valence electrons. The summed E-state index contributed by atoms with van der Waals surface area (Å²) in [5.41, 5.74) is -0.427. The van der Waals surface area contributed by atoms with Gasteiger partial charge in [-0.15, -0.1) is 11.3 Å². The first-order chi connectivity index (χ1) is 10.8. The average Bonchev–Trinajstić information content (AvgIpc) is 3.04. The van der Waals surface area contributed by atoms with Crippen LogP contribution in [-0.2, 0) is 9.84 Å². The first kappa shape index (κ1) is 16.1. The number of hydrogen-bond donors (Lipinski definition) is 1. The first-order valence-electron chi connectivity index (χ1n) is 7.02. The zero-order valence-corrected chi connectivity index (χ0v) is 14.0. The quantitative estimate of drug-likeness (QED) is 0.917. The lowest BCUT2D eigenvalue weighted by Crippen LogP contribution is -2.46. The van der Waals surface area contributed by atoms with Crippen LogP contribution in [0.3, 0.4) is 0 Å². The van der Waals surface area contributed by atoms with Gasteiger partial charge < -0.3 is 5.32 Å². The number of aromatic nitrogens is 1. The van der Waals surface area contributed by atoms with Crippen molar-refractivity contribution in [2.75, 3.05) is 11.5 Å². The smallest absolute Gasteiger partial charge is 0.263 e. The molecular formula is C15H15FN2O3S2. The molecule has 1 fully saturated rings. The normalized spacial score (nSPS) is 22.9.